The maximum atomic E-state index is 6.74. The molecular formula is C56H43NO. The van der Waals surface area contributed by atoms with Crippen LogP contribution in [0.3, 0.4) is 0 Å². The molecule has 0 unspecified atom stereocenters. The second kappa shape index (κ2) is 14.6. The van der Waals surface area contributed by atoms with Crippen LogP contribution in [0.15, 0.2) is 205 Å². The Kier molecular flexibility index (Phi) is 8.62. The molecule has 11 rings (SSSR count). The number of rotatable bonds is 7. The first-order chi connectivity index (χ1) is 28.8. The molecule has 58 heavy (non-hydrogen) atoms. The van der Waals surface area contributed by atoms with Crippen molar-refractivity contribution >= 4 is 54.9 Å². The molecule has 0 atom stereocenters. The minimum atomic E-state index is 0.336. The van der Waals surface area contributed by atoms with Crippen molar-refractivity contribution < 1.29 is 4.42 Å². The van der Waals surface area contributed by atoms with Crippen molar-refractivity contribution in [3.63, 3.8) is 0 Å². The average Bonchev–Trinajstić information content (AvgIpc) is 3.70. The van der Waals surface area contributed by atoms with Crippen molar-refractivity contribution in [2.24, 2.45) is 0 Å². The fourth-order valence-corrected chi connectivity index (χ4v) is 9.80. The zero-order valence-corrected chi connectivity index (χ0v) is 32.4. The lowest BCUT2D eigenvalue weighted by Gasteiger charge is -2.39. The largest absolute Gasteiger partial charge is 0.455 e. The van der Waals surface area contributed by atoms with Gasteiger partial charge in [-0.1, -0.05) is 164 Å². The van der Waals surface area contributed by atoms with E-state index in [1.165, 1.54) is 77.3 Å². The highest BCUT2D eigenvalue weighted by molar-refractivity contribution is 6.19. The summed E-state index contributed by atoms with van der Waals surface area (Å²) in [6.07, 6.45) is 4.50. The number of benzene rings is 9. The van der Waals surface area contributed by atoms with Crippen molar-refractivity contribution in [1.82, 2.24) is 0 Å². The molecule has 0 N–H and O–H groups in total. The number of nitrogens with zero attached hydrogens (tertiary/aromatic N) is 1. The Bertz CT molecular complexity index is 3060. The smallest absolute Gasteiger partial charge is 0.143 e. The Morgan fingerprint density at radius 1 is 0.414 bits per heavy atom. The van der Waals surface area contributed by atoms with Crippen LogP contribution in [0, 0.1) is 0 Å². The summed E-state index contributed by atoms with van der Waals surface area (Å²) in [5, 5.41) is 7.44. The van der Waals surface area contributed by atoms with Crippen LogP contribution in [-0.4, -0.2) is 6.04 Å². The van der Waals surface area contributed by atoms with Gasteiger partial charge in [-0.15, -0.1) is 0 Å². The van der Waals surface area contributed by atoms with Crippen molar-refractivity contribution in [1.29, 1.82) is 0 Å². The van der Waals surface area contributed by atoms with Gasteiger partial charge in [0.2, 0.25) is 0 Å². The van der Waals surface area contributed by atoms with E-state index in [4.69, 9.17) is 4.42 Å². The molecular weight excluding hydrogens is 703 g/mol. The van der Waals surface area contributed by atoms with Crippen LogP contribution in [-0.2, 0) is 0 Å². The van der Waals surface area contributed by atoms with Crippen molar-refractivity contribution in [2.75, 3.05) is 4.90 Å². The molecule has 0 saturated heterocycles. The van der Waals surface area contributed by atoms with Gasteiger partial charge in [-0.25, -0.2) is 0 Å². The lowest BCUT2D eigenvalue weighted by Crippen LogP contribution is -2.34. The third-order valence-electron chi connectivity index (χ3n) is 12.6. The summed E-state index contributed by atoms with van der Waals surface area (Å²) in [6.45, 7) is 0. The number of furan rings is 1. The molecule has 0 aliphatic heterocycles. The summed E-state index contributed by atoms with van der Waals surface area (Å²) < 4.78 is 6.74. The Labute approximate surface area is 339 Å². The Morgan fingerprint density at radius 2 is 1.03 bits per heavy atom. The van der Waals surface area contributed by atoms with E-state index in [0.717, 1.165) is 42.2 Å². The molecule has 9 aromatic carbocycles. The lowest BCUT2D eigenvalue weighted by molar-refractivity contribution is 0.393. The van der Waals surface area contributed by atoms with Gasteiger partial charge < -0.3 is 9.32 Å². The molecule has 1 aliphatic carbocycles. The van der Waals surface area contributed by atoms with Gasteiger partial charge in [-0.2, -0.15) is 0 Å². The monoisotopic (exact) mass is 745 g/mol. The standard InChI is InChI=1S/C56H43NO/c1-3-13-39(14-4-1)49-35-30-44(37-52(49)41-15-5-2-6-16-41)38-25-31-45(32-26-38)57(46-33-27-43(28-34-46)48-22-11-19-40-17-7-9-20-47(40)48)53-23-12-24-54-55(53)51-36-29-42-18-8-10-21-50(42)56(51)58-54/h1-26,29-32,35-37,43,46H,27-28,33-34H2. The van der Waals surface area contributed by atoms with Crippen molar-refractivity contribution in [2.45, 2.75) is 37.6 Å². The minimum Gasteiger partial charge on any atom is -0.455 e. The van der Waals surface area contributed by atoms with Gasteiger partial charge >= 0.3 is 0 Å². The molecule has 0 spiro atoms. The SMILES string of the molecule is c1ccc(-c2ccc(-c3ccc(N(c4cccc5oc6c7ccccc7ccc6c45)C4CCC(c5cccc6ccccc56)CC4)cc3)cc2-c2ccccc2)cc1. The van der Waals surface area contributed by atoms with Gasteiger partial charge in [0.15, 0.2) is 0 Å². The first-order valence-electron chi connectivity index (χ1n) is 20.7. The van der Waals surface area contributed by atoms with Gasteiger partial charge in [-0.3, -0.25) is 0 Å². The summed E-state index contributed by atoms with van der Waals surface area (Å²) in [5.74, 6) is 0.543. The minimum absolute atomic E-state index is 0.336. The van der Waals surface area contributed by atoms with E-state index < -0.39 is 0 Å². The van der Waals surface area contributed by atoms with Gasteiger partial charge in [0.1, 0.15) is 11.2 Å². The molecule has 1 saturated carbocycles. The number of fused-ring (bicyclic) bond motifs is 6. The molecule has 1 heterocycles. The second-order valence-corrected chi connectivity index (χ2v) is 15.9. The maximum Gasteiger partial charge on any atom is 0.143 e. The zero-order valence-electron chi connectivity index (χ0n) is 32.4. The third kappa shape index (κ3) is 6.04. The molecule has 0 amide bonds. The Morgan fingerprint density at radius 3 is 1.79 bits per heavy atom. The molecule has 0 bridgehead atoms. The summed E-state index contributed by atoms with van der Waals surface area (Å²) in [4.78, 5) is 2.64. The van der Waals surface area contributed by atoms with Crippen LogP contribution in [0.25, 0.3) is 76.9 Å². The van der Waals surface area contributed by atoms with Crippen LogP contribution in [0.1, 0.15) is 37.2 Å². The summed E-state index contributed by atoms with van der Waals surface area (Å²) in [6, 6.07) is 73.5. The van der Waals surface area contributed by atoms with E-state index in [1.54, 1.807) is 0 Å². The molecule has 1 aliphatic rings. The van der Waals surface area contributed by atoms with E-state index in [0.29, 0.717) is 12.0 Å². The van der Waals surface area contributed by atoms with Gasteiger partial charge in [-0.05, 0) is 123 Å². The molecule has 1 fully saturated rings. The molecule has 2 heteroatoms. The summed E-state index contributed by atoms with van der Waals surface area (Å²) in [7, 11) is 0. The molecule has 2 nitrogen and oxygen atoms in total. The molecule has 278 valence electrons. The lowest BCUT2D eigenvalue weighted by atomic mass is 9.79. The van der Waals surface area contributed by atoms with Crippen molar-refractivity contribution in [3.8, 4) is 33.4 Å². The Balaban J connectivity index is 1.00. The average molecular weight is 746 g/mol. The highest BCUT2D eigenvalue weighted by Crippen LogP contribution is 2.46. The number of hydrogen-bond donors (Lipinski definition) is 0. The maximum absolute atomic E-state index is 6.74. The summed E-state index contributed by atoms with van der Waals surface area (Å²) >= 11 is 0. The van der Waals surface area contributed by atoms with Crippen LogP contribution < -0.4 is 4.90 Å². The van der Waals surface area contributed by atoms with E-state index in [1.807, 2.05) is 0 Å². The van der Waals surface area contributed by atoms with Gasteiger partial charge in [0, 0.05) is 22.5 Å². The predicted molar refractivity (Wildman–Crippen MR) is 245 cm³/mol. The fraction of sp³-hybridized carbons (Fsp3) is 0.107. The molecule has 10 aromatic rings. The quantitative estimate of drug-likeness (QED) is 0.162. The molecule has 0 radical (unpaired) electrons. The number of anilines is 2. The van der Waals surface area contributed by atoms with E-state index >= 15 is 0 Å². The Hall–Kier alpha value is -6.90. The van der Waals surface area contributed by atoms with E-state index in [2.05, 4.69) is 205 Å². The van der Waals surface area contributed by atoms with Crippen LogP contribution in [0.4, 0.5) is 11.4 Å². The normalized spacial score (nSPS) is 15.7. The highest BCUT2D eigenvalue weighted by Gasteiger charge is 2.30. The van der Waals surface area contributed by atoms with Gasteiger partial charge in [0.25, 0.3) is 0 Å². The van der Waals surface area contributed by atoms with E-state index in [9.17, 15) is 0 Å². The second-order valence-electron chi connectivity index (χ2n) is 15.9. The van der Waals surface area contributed by atoms with Crippen LogP contribution >= 0.6 is 0 Å². The van der Waals surface area contributed by atoms with Crippen LogP contribution in [0.5, 0.6) is 0 Å². The van der Waals surface area contributed by atoms with Gasteiger partial charge in [0.05, 0.1) is 11.1 Å². The third-order valence-corrected chi connectivity index (χ3v) is 12.6. The predicted octanol–water partition coefficient (Wildman–Crippen LogP) is 15.8. The summed E-state index contributed by atoms with van der Waals surface area (Å²) in [5.41, 5.74) is 13.2. The van der Waals surface area contributed by atoms with E-state index in [-0.39, 0.29) is 0 Å². The van der Waals surface area contributed by atoms with Crippen molar-refractivity contribution in [3.05, 3.63) is 206 Å². The fourth-order valence-electron chi connectivity index (χ4n) is 9.80. The highest BCUT2D eigenvalue weighted by atomic mass is 16.3. The first kappa shape index (κ1) is 34.4. The van der Waals surface area contributed by atoms with Crippen LogP contribution in [0.2, 0.25) is 0 Å². The number of hydrogen-bond acceptors (Lipinski definition) is 2. The first-order valence-corrected chi connectivity index (χ1v) is 20.7. The molecule has 1 aromatic heterocycles. The zero-order chi connectivity index (χ0) is 38.4. The topological polar surface area (TPSA) is 16.4 Å².